The molecule has 0 bridgehead atoms. The highest BCUT2D eigenvalue weighted by Crippen LogP contribution is 2.35. The summed E-state index contributed by atoms with van der Waals surface area (Å²) in [6.45, 7) is 0.364. The molecule has 0 aliphatic carbocycles. The topological polar surface area (TPSA) is 35.2 Å². The Kier molecular flexibility index (Phi) is 3.16. The standard InChI is InChI=1S/C8H7BrFNO.ClH/c9-4-1-5(10)8-6(11)3-12-7(8)2-4;/h1-2,6H,3,11H2;1H/t6-;/m1./s1. The molecule has 2 rings (SSSR count). The molecular formula is C8H8BrClFNO. The number of nitrogens with two attached hydrogens (primary N) is 1. The van der Waals surface area contributed by atoms with Crippen molar-refractivity contribution in [3.8, 4) is 5.75 Å². The van der Waals surface area contributed by atoms with Gasteiger partial charge in [-0.15, -0.1) is 12.4 Å². The highest BCUT2D eigenvalue weighted by molar-refractivity contribution is 9.10. The Morgan fingerprint density at radius 3 is 2.92 bits per heavy atom. The van der Waals surface area contributed by atoms with Crippen molar-refractivity contribution in [1.29, 1.82) is 0 Å². The molecule has 72 valence electrons. The summed E-state index contributed by atoms with van der Waals surface area (Å²) in [5, 5.41) is 0. The zero-order valence-corrected chi connectivity index (χ0v) is 8.99. The molecule has 1 aliphatic heterocycles. The fourth-order valence-electron chi connectivity index (χ4n) is 1.30. The van der Waals surface area contributed by atoms with Gasteiger partial charge < -0.3 is 10.5 Å². The van der Waals surface area contributed by atoms with Crippen LogP contribution in [-0.2, 0) is 0 Å². The van der Waals surface area contributed by atoms with Gasteiger partial charge in [0.25, 0.3) is 0 Å². The monoisotopic (exact) mass is 267 g/mol. The molecule has 0 fully saturated rings. The quantitative estimate of drug-likeness (QED) is 0.784. The Bertz CT molecular complexity index is 334. The van der Waals surface area contributed by atoms with Crippen LogP contribution in [0, 0.1) is 5.82 Å². The molecule has 2 nitrogen and oxygen atoms in total. The van der Waals surface area contributed by atoms with Crippen LogP contribution in [-0.4, -0.2) is 6.61 Å². The van der Waals surface area contributed by atoms with Gasteiger partial charge in [-0.3, -0.25) is 0 Å². The zero-order chi connectivity index (χ0) is 8.72. The molecular weight excluding hydrogens is 260 g/mol. The minimum atomic E-state index is -0.326. The molecule has 1 aromatic carbocycles. The summed E-state index contributed by atoms with van der Waals surface area (Å²) >= 11 is 3.17. The molecule has 0 amide bonds. The SMILES string of the molecule is Cl.N[C@@H]1COc2cc(Br)cc(F)c21. The first-order valence-electron chi connectivity index (χ1n) is 3.56. The molecule has 0 spiro atoms. The van der Waals surface area contributed by atoms with Crippen LogP contribution >= 0.6 is 28.3 Å². The minimum absolute atomic E-state index is 0. The largest absolute Gasteiger partial charge is 0.491 e. The van der Waals surface area contributed by atoms with Gasteiger partial charge in [-0.1, -0.05) is 15.9 Å². The number of hydrogen-bond acceptors (Lipinski definition) is 2. The normalized spacial score (nSPS) is 18.8. The van der Waals surface area contributed by atoms with Crippen LogP contribution in [0.5, 0.6) is 5.75 Å². The van der Waals surface area contributed by atoms with Crippen molar-refractivity contribution in [2.45, 2.75) is 6.04 Å². The van der Waals surface area contributed by atoms with Crippen LogP contribution in [0.3, 0.4) is 0 Å². The Balaban J connectivity index is 0.000000845. The van der Waals surface area contributed by atoms with Crippen molar-refractivity contribution in [1.82, 2.24) is 0 Å². The van der Waals surface area contributed by atoms with E-state index in [4.69, 9.17) is 10.5 Å². The molecule has 0 radical (unpaired) electrons. The summed E-state index contributed by atoms with van der Waals surface area (Å²) in [4.78, 5) is 0. The van der Waals surface area contributed by atoms with E-state index in [0.29, 0.717) is 22.4 Å². The van der Waals surface area contributed by atoms with E-state index in [0.717, 1.165) is 0 Å². The van der Waals surface area contributed by atoms with Gasteiger partial charge in [0.1, 0.15) is 18.2 Å². The molecule has 0 saturated carbocycles. The summed E-state index contributed by atoms with van der Waals surface area (Å²) in [6, 6.07) is 2.80. The lowest BCUT2D eigenvalue weighted by Crippen LogP contribution is -2.12. The number of rotatable bonds is 0. The summed E-state index contributed by atoms with van der Waals surface area (Å²) < 4.78 is 19.1. The van der Waals surface area contributed by atoms with Gasteiger partial charge in [-0.25, -0.2) is 4.39 Å². The van der Waals surface area contributed by atoms with E-state index in [9.17, 15) is 4.39 Å². The van der Waals surface area contributed by atoms with Crippen LogP contribution in [0.25, 0.3) is 0 Å². The number of hydrogen-bond donors (Lipinski definition) is 1. The van der Waals surface area contributed by atoms with Crippen LogP contribution in [0.4, 0.5) is 4.39 Å². The van der Waals surface area contributed by atoms with E-state index in [1.807, 2.05) is 0 Å². The van der Waals surface area contributed by atoms with Crippen molar-refractivity contribution in [2.24, 2.45) is 5.73 Å². The van der Waals surface area contributed by atoms with Crippen molar-refractivity contribution in [3.05, 3.63) is 28.0 Å². The van der Waals surface area contributed by atoms with Gasteiger partial charge in [0.05, 0.1) is 11.6 Å². The molecule has 0 aromatic heterocycles. The van der Waals surface area contributed by atoms with Crippen molar-refractivity contribution < 1.29 is 9.13 Å². The smallest absolute Gasteiger partial charge is 0.132 e. The summed E-state index contributed by atoms with van der Waals surface area (Å²) in [5.41, 5.74) is 6.10. The molecule has 0 unspecified atom stereocenters. The van der Waals surface area contributed by atoms with E-state index in [1.54, 1.807) is 6.07 Å². The molecule has 13 heavy (non-hydrogen) atoms. The molecule has 1 aliphatic rings. The second-order valence-corrected chi connectivity index (χ2v) is 3.63. The fraction of sp³-hybridized carbons (Fsp3) is 0.250. The van der Waals surface area contributed by atoms with E-state index in [2.05, 4.69) is 15.9 Å². The third-order valence-corrected chi connectivity index (χ3v) is 2.30. The average Bonchev–Trinajstić information content (AvgIpc) is 2.31. The van der Waals surface area contributed by atoms with Crippen LogP contribution in [0.1, 0.15) is 11.6 Å². The maximum atomic E-state index is 13.2. The van der Waals surface area contributed by atoms with E-state index in [-0.39, 0.29) is 24.3 Å². The van der Waals surface area contributed by atoms with E-state index < -0.39 is 0 Å². The third-order valence-electron chi connectivity index (χ3n) is 1.85. The Morgan fingerprint density at radius 2 is 2.23 bits per heavy atom. The average molecular weight is 269 g/mol. The van der Waals surface area contributed by atoms with Gasteiger partial charge >= 0.3 is 0 Å². The van der Waals surface area contributed by atoms with Crippen LogP contribution in [0.2, 0.25) is 0 Å². The third kappa shape index (κ3) is 1.80. The van der Waals surface area contributed by atoms with Crippen LogP contribution < -0.4 is 10.5 Å². The maximum absolute atomic E-state index is 13.2. The van der Waals surface area contributed by atoms with Gasteiger partial charge in [0.2, 0.25) is 0 Å². The van der Waals surface area contributed by atoms with E-state index in [1.165, 1.54) is 6.07 Å². The number of fused-ring (bicyclic) bond motifs is 1. The molecule has 5 heteroatoms. The maximum Gasteiger partial charge on any atom is 0.132 e. The molecule has 0 saturated heterocycles. The second-order valence-electron chi connectivity index (χ2n) is 2.72. The predicted octanol–water partition coefficient (Wildman–Crippen LogP) is 2.40. The zero-order valence-electron chi connectivity index (χ0n) is 6.59. The molecule has 1 heterocycles. The van der Waals surface area contributed by atoms with Gasteiger partial charge in [-0.05, 0) is 12.1 Å². The highest BCUT2D eigenvalue weighted by Gasteiger charge is 2.24. The van der Waals surface area contributed by atoms with Crippen molar-refractivity contribution in [3.63, 3.8) is 0 Å². The lowest BCUT2D eigenvalue weighted by atomic mass is 10.1. The number of benzene rings is 1. The van der Waals surface area contributed by atoms with E-state index >= 15 is 0 Å². The van der Waals surface area contributed by atoms with Crippen molar-refractivity contribution >= 4 is 28.3 Å². The Hall–Kier alpha value is -0.320. The summed E-state index contributed by atoms with van der Waals surface area (Å²) in [7, 11) is 0. The second kappa shape index (κ2) is 3.82. The van der Waals surface area contributed by atoms with Gasteiger partial charge in [0, 0.05) is 4.47 Å². The first kappa shape index (κ1) is 10.8. The van der Waals surface area contributed by atoms with Gasteiger partial charge in [0.15, 0.2) is 0 Å². The first-order valence-corrected chi connectivity index (χ1v) is 4.35. The minimum Gasteiger partial charge on any atom is -0.491 e. The lowest BCUT2D eigenvalue weighted by molar-refractivity contribution is 0.333. The summed E-state index contributed by atoms with van der Waals surface area (Å²) in [6.07, 6.45) is 0. The molecule has 2 N–H and O–H groups in total. The number of ether oxygens (including phenoxy) is 1. The fourth-order valence-corrected chi connectivity index (χ4v) is 1.71. The Labute approximate surface area is 89.8 Å². The highest BCUT2D eigenvalue weighted by atomic mass is 79.9. The van der Waals surface area contributed by atoms with Crippen molar-refractivity contribution in [2.75, 3.05) is 6.61 Å². The lowest BCUT2D eigenvalue weighted by Gasteiger charge is -2.02. The summed E-state index contributed by atoms with van der Waals surface area (Å²) in [5.74, 6) is 0.249. The molecule has 1 aromatic rings. The predicted molar refractivity (Wildman–Crippen MR) is 53.8 cm³/mol. The Morgan fingerprint density at radius 1 is 1.54 bits per heavy atom. The molecule has 1 atom stereocenters. The number of halogens is 3. The van der Waals surface area contributed by atoms with Crippen LogP contribution in [0.15, 0.2) is 16.6 Å². The first-order chi connectivity index (χ1) is 5.68. The van der Waals surface area contributed by atoms with Gasteiger partial charge in [-0.2, -0.15) is 0 Å².